The van der Waals surface area contributed by atoms with Crippen molar-refractivity contribution < 1.29 is 8.42 Å². The molecule has 7 heteroatoms. The van der Waals surface area contributed by atoms with Gasteiger partial charge < -0.3 is 5.32 Å². The molecule has 1 aromatic heterocycles. The number of rotatable bonds is 6. The summed E-state index contributed by atoms with van der Waals surface area (Å²) in [6, 6.07) is 0.187. The first kappa shape index (κ1) is 15.5. The summed E-state index contributed by atoms with van der Waals surface area (Å²) in [5.74, 6) is 0. The van der Waals surface area contributed by atoms with E-state index in [4.69, 9.17) is 0 Å². The molecule has 0 amide bonds. The van der Waals surface area contributed by atoms with Crippen LogP contribution in [0.2, 0.25) is 0 Å². The molecule has 2 N–H and O–H groups in total. The van der Waals surface area contributed by atoms with Crippen molar-refractivity contribution in [1.29, 1.82) is 0 Å². The van der Waals surface area contributed by atoms with Crippen LogP contribution in [0, 0.1) is 0 Å². The summed E-state index contributed by atoms with van der Waals surface area (Å²) in [5.41, 5.74) is 0. The van der Waals surface area contributed by atoms with Crippen LogP contribution >= 0.6 is 0 Å². The van der Waals surface area contributed by atoms with Gasteiger partial charge in [0.1, 0.15) is 4.90 Å². The van der Waals surface area contributed by atoms with E-state index in [9.17, 15) is 8.42 Å². The summed E-state index contributed by atoms with van der Waals surface area (Å²) < 4.78 is 27.0. The number of hydrogen-bond acceptors (Lipinski definition) is 4. The minimum atomic E-state index is -3.44. The molecule has 1 aliphatic rings. The van der Waals surface area contributed by atoms with E-state index < -0.39 is 10.0 Å². The lowest BCUT2D eigenvalue weighted by Crippen LogP contribution is -2.53. The molecule has 1 aliphatic heterocycles. The molecule has 0 spiro atoms. The van der Waals surface area contributed by atoms with Gasteiger partial charge in [0, 0.05) is 24.8 Å². The van der Waals surface area contributed by atoms with Gasteiger partial charge in [-0.25, -0.2) is 8.42 Å². The molecule has 2 heterocycles. The van der Waals surface area contributed by atoms with Crippen molar-refractivity contribution >= 4 is 10.0 Å². The van der Waals surface area contributed by atoms with Crippen molar-refractivity contribution in [2.24, 2.45) is 0 Å². The Labute approximate surface area is 121 Å². The first-order valence-corrected chi connectivity index (χ1v) is 8.75. The molecule has 2 unspecified atom stereocenters. The molecule has 1 fully saturated rings. The highest BCUT2D eigenvalue weighted by Crippen LogP contribution is 2.26. The second kappa shape index (κ2) is 6.69. The zero-order valence-corrected chi connectivity index (χ0v) is 13.0. The van der Waals surface area contributed by atoms with Crippen molar-refractivity contribution in [2.75, 3.05) is 13.1 Å². The average molecular weight is 300 g/mol. The van der Waals surface area contributed by atoms with Crippen LogP contribution in [0.15, 0.2) is 17.3 Å². The maximum atomic E-state index is 12.7. The monoisotopic (exact) mass is 300 g/mol. The van der Waals surface area contributed by atoms with Gasteiger partial charge in [-0.15, -0.1) is 0 Å². The highest BCUT2D eigenvalue weighted by atomic mass is 32.2. The number of nitrogens with zero attached hydrogens (tertiary/aromatic N) is 2. The van der Waals surface area contributed by atoms with Gasteiger partial charge in [-0.3, -0.25) is 5.10 Å². The van der Waals surface area contributed by atoms with E-state index in [-0.39, 0.29) is 17.0 Å². The highest BCUT2D eigenvalue weighted by Gasteiger charge is 2.36. The Morgan fingerprint density at radius 2 is 2.35 bits per heavy atom. The summed E-state index contributed by atoms with van der Waals surface area (Å²) in [5, 5.41) is 9.76. The van der Waals surface area contributed by atoms with Crippen molar-refractivity contribution in [3.63, 3.8) is 0 Å². The summed E-state index contributed by atoms with van der Waals surface area (Å²) in [7, 11) is -3.44. The maximum Gasteiger partial charge on any atom is 0.246 e. The second-order valence-electron chi connectivity index (χ2n) is 5.36. The Morgan fingerprint density at radius 1 is 1.55 bits per heavy atom. The minimum absolute atomic E-state index is 0.0233. The Morgan fingerprint density at radius 3 is 3.00 bits per heavy atom. The lowest BCUT2D eigenvalue weighted by molar-refractivity contribution is 0.208. The molecule has 0 radical (unpaired) electrons. The predicted octanol–water partition coefficient (Wildman–Crippen LogP) is 1.34. The fourth-order valence-electron chi connectivity index (χ4n) is 2.75. The summed E-state index contributed by atoms with van der Waals surface area (Å²) in [6.07, 6.45) is 6.80. The second-order valence-corrected chi connectivity index (χ2v) is 7.25. The lowest BCUT2D eigenvalue weighted by atomic mass is 9.99. The van der Waals surface area contributed by atoms with E-state index in [1.165, 1.54) is 12.4 Å². The third-order valence-electron chi connectivity index (χ3n) is 3.87. The topological polar surface area (TPSA) is 78.1 Å². The third-order valence-corrected chi connectivity index (χ3v) is 5.76. The number of nitrogens with one attached hydrogen (secondary N) is 2. The number of hydrogen-bond donors (Lipinski definition) is 2. The Balaban J connectivity index is 2.18. The van der Waals surface area contributed by atoms with Gasteiger partial charge in [-0.2, -0.15) is 9.40 Å². The van der Waals surface area contributed by atoms with E-state index in [0.717, 1.165) is 32.2 Å². The highest BCUT2D eigenvalue weighted by molar-refractivity contribution is 7.89. The van der Waals surface area contributed by atoms with E-state index in [1.807, 2.05) is 0 Å². The van der Waals surface area contributed by atoms with Crippen molar-refractivity contribution in [3.05, 3.63) is 12.4 Å². The molecule has 1 aromatic rings. The lowest BCUT2D eigenvalue weighted by Gasteiger charge is -2.38. The fourth-order valence-corrected chi connectivity index (χ4v) is 4.42. The van der Waals surface area contributed by atoms with E-state index in [2.05, 4.69) is 29.4 Å². The predicted molar refractivity (Wildman–Crippen MR) is 77.9 cm³/mol. The standard InChI is InChI=1S/C13H24N4O2S/c1-3-7-14-11(2)13-6-4-5-8-17(13)20(18,19)12-9-15-16-10-12/h9-11,13-14H,3-8H2,1-2H3,(H,15,16). The molecule has 20 heavy (non-hydrogen) atoms. The molecule has 1 saturated heterocycles. The SMILES string of the molecule is CCCNC(C)C1CCCCN1S(=O)(=O)c1cn[nH]c1. The number of sulfonamides is 1. The molecule has 0 aromatic carbocycles. The van der Waals surface area contributed by atoms with Crippen molar-refractivity contribution in [2.45, 2.75) is 56.5 Å². The Hall–Kier alpha value is -0.920. The van der Waals surface area contributed by atoms with Crippen LogP contribution < -0.4 is 5.32 Å². The molecule has 2 atom stereocenters. The van der Waals surface area contributed by atoms with Crippen LogP contribution in [0.3, 0.4) is 0 Å². The minimum Gasteiger partial charge on any atom is -0.313 e. The van der Waals surface area contributed by atoms with Crippen LogP contribution in [-0.2, 0) is 10.0 Å². The Bertz CT molecular complexity index is 500. The zero-order chi connectivity index (χ0) is 14.6. The zero-order valence-electron chi connectivity index (χ0n) is 12.2. The van der Waals surface area contributed by atoms with Crippen molar-refractivity contribution in [3.8, 4) is 0 Å². The summed E-state index contributed by atoms with van der Waals surface area (Å²) >= 11 is 0. The number of H-pyrrole nitrogens is 1. The number of piperidine rings is 1. The Kier molecular flexibility index (Phi) is 5.17. The smallest absolute Gasteiger partial charge is 0.246 e. The largest absolute Gasteiger partial charge is 0.313 e. The average Bonchev–Trinajstić information content (AvgIpc) is 2.99. The molecular formula is C13H24N4O2S. The normalized spacial score (nSPS) is 22.8. The van der Waals surface area contributed by atoms with Crippen LogP contribution in [0.1, 0.15) is 39.5 Å². The van der Waals surface area contributed by atoms with E-state index in [1.54, 1.807) is 4.31 Å². The van der Waals surface area contributed by atoms with Gasteiger partial charge >= 0.3 is 0 Å². The summed E-state index contributed by atoms with van der Waals surface area (Å²) in [6.45, 7) is 5.69. The maximum absolute atomic E-state index is 12.7. The molecule has 2 rings (SSSR count). The van der Waals surface area contributed by atoms with Gasteiger partial charge in [0.05, 0.1) is 6.20 Å². The molecule has 0 aliphatic carbocycles. The van der Waals surface area contributed by atoms with E-state index in [0.29, 0.717) is 6.54 Å². The molecule has 6 nitrogen and oxygen atoms in total. The first-order chi connectivity index (χ1) is 9.57. The van der Waals surface area contributed by atoms with Gasteiger partial charge in [-0.1, -0.05) is 13.3 Å². The summed E-state index contributed by atoms with van der Waals surface area (Å²) in [4.78, 5) is 0.257. The van der Waals surface area contributed by atoms with E-state index >= 15 is 0 Å². The number of aromatic nitrogens is 2. The molecule has 0 saturated carbocycles. The van der Waals surface area contributed by atoms with Gasteiger partial charge in [0.25, 0.3) is 0 Å². The van der Waals surface area contributed by atoms with Crippen molar-refractivity contribution in [1.82, 2.24) is 19.8 Å². The quantitative estimate of drug-likeness (QED) is 0.831. The van der Waals surface area contributed by atoms with Crippen LogP contribution in [-0.4, -0.2) is 48.1 Å². The third kappa shape index (κ3) is 3.21. The van der Waals surface area contributed by atoms with Gasteiger partial charge in [0.15, 0.2) is 0 Å². The number of aromatic amines is 1. The molecule has 114 valence electrons. The van der Waals surface area contributed by atoms with Gasteiger partial charge in [-0.05, 0) is 32.7 Å². The van der Waals surface area contributed by atoms with Crippen LogP contribution in [0.25, 0.3) is 0 Å². The molecular weight excluding hydrogens is 276 g/mol. The first-order valence-electron chi connectivity index (χ1n) is 7.31. The molecule has 0 bridgehead atoms. The van der Waals surface area contributed by atoms with Gasteiger partial charge in [0.2, 0.25) is 10.0 Å². The fraction of sp³-hybridized carbons (Fsp3) is 0.769. The van der Waals surface area contributed by atoms with Crippen LogP contribution in [0.5, 0.6) is 0 Å². The van der Waals surface area contributed by atoms with Crippen LogP contribution in [0.4, 0.5) is 0 Å².